The zero-order chi connectivity index (χ0) is 12.1. The van der Waals surface area contributed by atoms with E-state index >= 15 is 0 Å². The molecule has 0 radical (unpaired) electrons. The Morgan fingerprint density at radius 3 is 2.44 bits per heavy atom. The summed E-state index contributed by atoms with van der Waals surface area (Å²) in [5.74, 6) is 0.0353. The van der Waals surface area contributed by atoms with Crippen molar-refractivity contribution in [2.24, 2.45) is 0 Å². The van der Waals surface area contributed by atoms with Crippen molar-refractivity contribution in [3.63, 3.8) is 0 Å². The first-order valence-electron chi connectivity index (χ1n) is 5.22. The fourth-order valence-corrected chi connectivity index (χ4v) is 1.57. The van der Waals surface area contributed by atoms with E-state index in [-0.39, 0.29) is 11.8 Å². The Morgan fingerprint density at radius 2 is 1.94 bits per heavy atom. The van der Waals surface area contributed by atoms with Crippen molar-refractivity contribution in [1.29, 1.82) is 0 Å². The molecule has 4 heteroatoms. The van der Waals surface area contributed by atoms with E-state index in [1.165, 1.54) is 0 Å². The number of hydrogen-bond donors (Lipinski definition) is 2. The number of rotatable bonds is 5. The minimum absolute atomic E-state index is 0.0353. The summed E-state index contributed by atoms with van der Waals surface area (Å²) in [6.45, 7) is 3.90. The number of ketones is 1. The molecule has 2 atom stereocenters. The van der Waals surface area contributed by atoms with E-state index in [9.17, 15) is 4.79 Å². The topological polar surface area (TPSA) is 49.3 Å². The Hall–Kier alpha value is -0.710. The molecule has 0 heterocycles. The van der Waals surface area contributed by atoms with E-state index in [0.29, 0.717) is 12.1 Å². The van der Waals surface area contributed by atoms with E-state index in [1.54, 1.807) is 26.0 Å². The number of halogens is 1. The van der Waals surface area contributed by atoms with Gasteiger partial charge in [0.25, 0.3) is 0 Å². The van der Waals surface area contributed by atoms with Crippen molar-refractivity contribution in [2.45, 2.75) is 26.0 Å². The highest BCUT2D eigenvalue weighted by atomic mass is 79.9. The molecule has 0 bridgehead atoms. The number of benzene rings is 1. The third kappa shape index (κ3) is 4.04. The van der Waals surface area contributed by atoms with Crippen molar-refractivity contribution < 1.29 is 9.90 Å². The molecular formula is C12H16BrNO2. The number of hydrogen-bond acceptors (Lipinski definition) is 3. The number of carbonyl (C=O) groups is 1. The summed E-state index contributed by atoms with van der Waals surface area (Å²) >= 11 is 3.32. The van der Waals surface area contributed by atoms with E-state index < -0.39 is 6.10 Å². The second-order valence-electron chi connectivity index (χ2n) is 3.85. The summed E-state index contributed by atoms with van der Waals surface area (Å²) in [6, 6.07) is 6.97. The van der Waals surface area contributed by atoms with Crippen LogP contribution in [0.25, 0.3) is 0 Å². The van der Waals surface area contributed by atoms with Crippen LogP contribution in [0.1, 0.15) is 24.2 Å². The second-order valence-corrected chi connectivity index (χ2v) is 4.77. The maximum Gasteiger partial charge on any atom is 0.179 e. The molecule has 0 aromatic heterocycles. The molecule has 16 heavy (non-hydrogen) atoms. The number of nitrogens with one attached hydrogen (secondary N) is 1. The van der Waals surface area contributed by atoms with Gasteiger partial charge in [-0.2, -0.15) is 0 Å². The van der Waals surface area contributed by atoms with Gasteiger partial charge in [0.2, 0.25) is 0 Å². The average molecular weight is 286 g/mol. The highest BCUT2D eigenvalue weighted by molar-refractivity contribution is 9.10. The van der Waals surface area contributed by atoms with Crippen LogP contribution in [0, 0.1) is 0 Å². The predicted molar refractivity (Wildman–Crippen MR) is 67.6 cm³/mol. The normalized spacial score (nSPS) is 14.5. The Kier molecular flexibility index (Phi) is 5.12. The number of Topliss-reactive ketones (excluding diaryl/α,β-unsaturated/α-hetero) is 1. The van der Waals surface area contributed by atoms with Crippen molar-refractivity contribution in [2.75, 3.05) is 6.54 Å². The molecule has 1 rings (SSSR count). The molecular weight excluding hydrogens is 270 g/mol. The zero-order valence-corrected chi connectivity index (χ0v) is 11.0. The van der Waals surface area contributed by atoms with Crippen LogP contribution in [-0.4, -0.2) is 29.6 Å². The minimum atomic E-state index is -0.444. The van der Waals surface area contributed by atoms with Crippen molar-refractivity contribution in [3.05, 3.63) is 34.3 Å². The third-order valence-corrected chi connectivity index (χ3v) is 2.77. The lowest BCUT2D eigenvalue weighted by Crippen LogP contribution is -2.38. The fraction of sp³-hybridized carbons (Fsp3) is 0.417. The Labute approximate surface area is 104 Å². The number of aliphatic hydroxyl groups excluding tert-OH is 1. The first-order chi connectivity index (χ1) is 7.50. The lowest BCUT2D eigenvalue weighted by Gasteiger charge is -2.14. The molecule has 2 unspecified atom stereocenters. The highest BCUT2D eigenvalue weighted by Gasteiger charge is 2.14. The molecule has 0 aliphatic heterocycles. The van der Waals surface area contributed by atoms with Gasteiger partial charge in [-0.05, 0) is 26.0 Å². The van der Waals surface area contributed by atoms with E-state index in [0.717, 1.165) is 4.47 Å². The minimum Gasteiger partial charge on any atom is -0.392 e. The maximum atomic E-state index is 11.9. The molecule has 0 amide bonds. The highest BCUT2D eigenvalue weighted by Crippen LogP contribution is 2.11. The van der Waals surface area contributed by atoms with Crippen molar-refractivity contribution >= 4 is 21.7 Å². The fourth-order valence-electron chi connectivity index (χ4n) is 1.30. The summed E-state index contributed by atoms with van der Waals surface area (Å²) in [5.41, 5.74) is 0.675. The molecule has 0 saturated heterocycles. The molecule has 1 aromatic rings. The Morgan fingerprint density at radius 1 is 1.38 bits per heavy atom. The van der Waals surface area contributed by atoms with Gasteiger partial charge in [0.1, 0.15) is 0 Å². The Bertz CT molecular complexity index is 349. The van der Waals surface area contributed by atoms with Crippen LogP contribution >= 0.6 is 15.9 Å². The van der Waals surface area contributed by atoms with Crippen LogP contribution in [0.15, 0.2) is 28.7 Å². The molecule has 1 aromatic carbocycles. The summed E-state index contributed by atoms with van der Waals surface area (Å²) in [6.07, 6.45) is -0.444. The van der Waals surface area contributed by atoms with Gasteiger partial charge in [-0.25, -0.2) is 0 Å². The molecule has 0 saturated carbocycles. The maximum absolute atomic E-state index is 11.9. The standard InChI is InChI=1S/C12H16BrNO2/c1-8(15)7-14-9(2)12(16)10-3-5-11(13)6-4-10/h3-6,8-9,14-15H,7H2,1-2H3. The van der Waals surface area contributed by atoms with Gasteiger partial charge < -0.3 is 10.4 Å². The van der Waals surface area contributed by atoms with Crippen LogP contribution in [0.5, 0.6) is 0 Å². The van der Waals surface area contributed by atoms with E-state index in [4.69, 9.17) is 5.11 Å². The first kappa shape index (κ1) is 13.4. The van der Waals surface area contributed by atoms with Crippen LogP contribution in [0.2, 0.25) is 0 Å². The number of aliphatic hydroxyl groups is 1. The predicted octanol–water partition coefficient (Wildman–Crippen LogP) is 1.99. The van der Waals surface area contributed by atoms with Crippen LogP contribution in [0.3, 0.4) is 0 Å². The molecule has 3 nitrogen and oxygen atoms in total. The molecule has 0 aliphatic carbocycles. The lowest BCUT2D eigenvalue weighted by molar-refractivity contribution is 0.0941. The van der Waals surface area contributed by atoms with Gasteiger partial charge >= 0.3 is 0 Å². The molecule has 0 spiro atoms. The summed E-state index contributed by atoms with van der Waals surface area (Å²) in [7, 11) is 0. The largest absolute Gasteiger partial charge is 0.392 e. The van der Waals surface area contributed by atoms with Gasteiger partial charge in [0, 0.05) is 16.6 Å². The quantitative estimate of drug-likeness (QED) is 0.814. The van der Waals surface area contributed by atoms with E-state index in [1.807, 2.05) is 12.1 Å². The van der Waals surface area contributed by atoms with Crippen molar-refractivity contribution in [1.82, 2.24) is 5.32 Å². The number of carbonyl (C=O) groups excluding carboxylic acids is 1. The average Bonchev–Trinajstić information content (AvgIpc) is 2.26. The molecule has 88 valence electrons. The van der Waals surface area contributed by atoms with E-state index in [2.05, 4.69) is 21.2 Å². The summed E-state index contributed by atoms with van der Waals surface area (Å²) < 4.78 is 0.952. The monoisotopic (exact) mass is 285 g/mol. The lowest BCUT2D eigenvalue weighted by atomic mass is 10.1. The second kappa shape index (κ2) is 6.13. The van der Waals surface area contributed by atoms with Gasteiger partial charge in [-0.1, -0.05) is 28.1 Å². The van der Waals surface area contributed by atoms with Crippen molar-refractivity contribution in [3.8, 4) is 0 Å². The third-order valence-electron chi connectivity index (χ3n) is 2.24. The van der Waals surface area contributed by atoms with Crippen LogP contribution in [-0.2, 0) is 0 Å². The van der Waals surface area contributed by atoms with Crippen LogP contribution in [0.4, 0.5) is 0 Å². The molecule has 2 N–H and O–H groups in total. The zero-order valence-electron chi connectivity index (χ0n) is 9.40. The molecule has 0 fully saturated rings. The van der Waals surface area contributed by atoms with Crippen LogP contribution < -0.4 is 5.32 Å². The Balaban J connectivity index is 2.60. The smallest absolute Gasteiger partial charge is 0.179 e. The summed E-state index contributed by atoms with van der Waals surface area (Å²) in [4.78, 5) is 11.9. The SMILES string of the molecule is CC(O)CNC(C)C(=O)c1ccc(Br)cc1. The van der Waals surface area contributed by atoms with Gasteiger partial charge in [0.15, 0.2) is 5.78 Å². The van der Waals surface area contributed by atoms with Gasteiger partial charge in [0.05, 0.1) is 12.1 Å². The van der Waals surface area contributed by atoms with Gasteiger partial charge in [-0.15, -0.1) is 0 Å². The molecule has 0 aliphatic rings. The van der Waals surface area contributed by atoms with Gasteiger partial charge in [-0.3, -0.25) is 4.79 Å². The summed E-state index contributed by atoms with van der Waals surface area (Å²) in [5, 5.41) is 12.1. The first-order valence-corrected chi connectivity index (χ1v) is 6.01.